The minimum absolute atomic E-state index is 0.0378. The minimum atomic E-state index is -0.419. The Kier molecular flexibility index (Phi) is 2.13. The van der Waals surface area contributed by atoms with E-state index in [0.29, 0.717) is 6.42 Å². The summed E-state index contributed by atoms with van der Waals surface area (Å²) in [5, 5.41) is 2.90. The third kappa shape index (κ3) is 1.58. The first-order chi connectivity index (χ1) is 8.25. The van der Waals surface area contributed by atoms with E-state index >= 15 is 0 Å². The number of aryl methyl sites for hydroxylation is 1. The second-order valence-corrected chi connectivity index (χ2v) is 4.62. The van der Waals surface area contributed by atoms with Crippen LogP contribution in [0.3, 0.4) is 0 Å². The summed E-state index contributed by atoms with van der Waals surface area (Å²) in [6, 6.07) is 5.92. The molecule has 1 N–H and O–H groups in total. The maximum atomic E-state index is 11.5. The van der Waals surface area contributed by atoms with E-state index in [2.05, 4.69) is 10.3 Å². The van der Waals surface area contributed by atoms with Crippen LogP contribution in [0.15, 0.2) is 23.2 Å². The molecule has 0 unspecified atom stereocenters. The van der Waals surface area contributed by atoms with Gasteiger partial charge in [0, 0.05) is 17.7 Å². The zero-order valence-corrected chi connectivity index (χ0v) is 9.32. The van der Waals surface area contributed by atoms with Crippen LogP contribution in [0.5, 0.6) is 0 Å². The number of carbonyl (C=O) groups is 1. The lowest BCUT2D eigenvalue weighted by atomic mass is 9.94. The zero-order valence-electron chi connectivity index (χ0n) is 9.32. The first-order valence-electron chi connectivity index (χ1n) is 5.76. The summed E-state index contributed by atoms with van der Waals surface area (Å²) in [7, 11) is 0. The molecular formula is C13H12N2O2. The zero-order chi connectivity index (χ0) is 11.9. The van der Waals surface area contributed by atoms with E-state index in [0.717, 1.165) is 36.1 Å². The van der Waals surface area contributed by atoms with Gasteiger partial charge in [0.15, 0.2) is 0 Å². The average molecular weight is 228 g/mol. The lowest BCUT2D eigenvalue weighted by Crippen LogP contribution is -2.22. The minimum Gasteiger partial charge on any atom is -0.325 e. The number of fused-ring (bicyclic) bond motifs is 1. The molecule has 1 aromatic rings. The third-order valence-corrected chi connectivity index (χ3v) is 3.52. The van der Waals surface area contributed by atoms with E-state index in [1.54, 1.807) is 6.08 Å². The highest BCUT2D eigenvalue weighted by molar-refractivity contribution is 5.95. The van der Waals surface area contributed by atoms with E-state index in [4.69, 9.17) is 0 Å². The van der Waals surface area contributed by atoms with Crippen molar-refractivity contribution in [1.29, 1.82) is 0 Å². The number of carbonyl (C=O) groups excluding carboxylic acids is 2. The number of aliphatic imine (C=N–C) groups is 1. The average Bonchev–Trinajstić information content (AvgIpc) is 3.09. The number of nitrogens with one attached hydrogen (secondary N) is 1. The standard InChI is InChI=1S/C13H12N2O2/c16-8-14-13(6-7-13)10-3-1-2-9-4-5-11(17)15-12(9)10/h1-3H,4-7H2,(H,15,17). The Morgan fingerprint density at radius 1 is 1.29 bits per heavy atom. The molecule has 1 heterocycles. The Hall–Kier alpha value is -1.93. The van der Waals surface area contributed by atoms with E-state index in [9.17, 15) is 9.59 Å². The van der Waals surface area contributed by atoms with Gasteiger partial charge in [-0.25, -0.2) is 4.79 Å². The molecule has 4 nitrogen and oxygen atoms in total. The molecule has 86 valence electrons. The molecular weight excluding hydrogens is 216 g/mol. The topological polar surface area (TPSA) is 58.5 Å². The number of rotatable bonds is 2. The number of nitrogens with zero attached hydrogens (tertiary/aromatic N) is 1. The number of anilines is 1. The summed E-state index contributed by atoms with van der Waals surface area (Å²) in [5.74, 6) is 0.0378. The third-order valence-electron chi connectivity index (χ3n) is 3.52. The molecule has 1 saturated carbocycles. The van der Waals surface area contributed by atoms with Gasteiger partial charge in [0.05, 0.1) is 0 Å². The highest BCUT2D eigenvalue weighted by Gasteiger charge is 2.47. The van der Waals surface area contributed by atoms with Crippen molar-refractivity contribution >= 4 is 17.7 Å². The molecule has 0 saturated heterocycles. The van der Waals surface area contributed by atoms with Crippen LogP contribution in [0.25, 0.3) is 0 Å². The molecule has 0 bridgehead atoms. The quantitative estimate of drug-likeness (QED) is 0.620. The molecule has 1 aliphatic heterocycles. The molecule has 1 aliphatic carbocycles. The molecule has 3 rings (SSSR count). The van der Waals surface area contributed by atoms with Gasteiger partial charge in [0.1, 0.15) is 5.54 Å². The largest absolute Gasteiger partial charge is 0.325 e. The van der Waals surface area contributed by atoms with Crippen molar-refractivity contribution in [2.75, 3.05) is 5.32 Å². The van der Waals surface area contributed by atoms with Crippen LogP contribution in [-0.2, 0) is 21.5 Å². The Morgan fingerprint density at radius 3 is 2.82 bits per heavy atom. The van der Waals surface area contributed by atoms with Gasteiger partial charge in [-0.15, -0.1) is 0 Å². The summed E-state index contributed by atoms with van der Waals surface area (Å²) in [6.45, 7) is 0. The fourth-order valence-corrected chi connectivity index (χ4v) is 2.44. The van der Waals surface area contributed by atoms with Crippen molar-refractivity contribution in [3.8, 4) is 0 Å². The first-order valence-corrected chi connectivity index (χ1v) is 5.76. The van der Waals surface area contributed by atoms with Crippen molar-refractivity contribution in [1.82, 2.24) is 0 Å². The normalized spacial score (nSPS) is 19.9. The Bertz CT molecular complexity index is 540. The van der Waals surface area contributed by atoms with Crippen LogP contribution in [0.4, 0.5) is 5.69 Å². The molecule has 0 atom stereocenters. The van der Waals surface area contributed by atoms with Crippen molar-refractivity contribution in [2.45, 2.75) is 31.2 Å². The predicted molar refractivity (Wildman–Crippen MR) is 62.4 cm³/mol. The Labute approximate surface area is 98.7 Å². The highest BCUT2D eigenvalue weighted by atomic mass is 16.1. The van der Waals surface area contributed by atoms with E-state index in [1.165, 1.54) is 0 Å². The monoisotopic (exact) mass is 228 g/mol. The number of amides is 1. The van der Waals surface area contributed by atoms with Crippen LogP contribution >= 0.6 is 0 Å². The summed E-state index contributed by atoms with van der Waals surface area (Å²) < 4.78 is 0. The van der Waals surface area contributed by atoms with Crippen LogP contribution in [0.1, 0.15) is 30.4 Å². The van der Waals surface area contributed by atoms with E-state index in [1.807, 2.05) is 18.2 Å². The lowest BCUT2D eigenvalue weighted by molar-refractivity contribution is -0.116. The maximum absolute atomic E-state index is 11.5. The van der Waals surface area contributed by atoms with Crippen LogP contribution < -0.4 is 5.32 Å². The fourth-order valence-electron chi connectivity index (χ4n) is 2.44. The number of para-hydroxylation sites is 1. The molecule has 0 spiro atoms. The predicted octanol–water partition coefficient (Wildman–Crippen LogP) is 1.90. The summed E-state index contributed by atoms with van der Waals surface area (Å²) in [4.78, 5) is 25.9. The summed E-state index contributed by atoms with van der Waals surface area (Å²) in [5.41, 5.74) is 2.54. The van der Waals surface area contributed by atoms with E-state index < -0.39 is 5.54 Å². The number of hydrogen-bond donors (Lipinski definition) is 1. The summed E-state index contributed by atoms with van der Waals surface area (Å²) >= 11 is 0. The fraction of sp³-hybridized carbons (Fsp3) is 0.385. The first kappa shape index (κ1) is 10.2. The molecule has 4 heteroatoms. The lowest BCUT2D eigenvalue weighted by Gasteiger charge is -2.22. The van der Waals surface area contributed by atoms with Gasteiger partial charge in [0.25, 0.3) is 0 Å². The van der Waals surface area contributed by atoms with Gasteiger partial charge >= 0.3 is 0 Å². The van der Waals surface area contributed by atoms with Crippen LogP contribution in [0, 0.1) is 0 Å². The van der Waals surface area contributed by atoms with Gasteiger partial charge < -0.3 is 5.32 Å². The maximum Gasteiger partial charge on any atom is 0.235 e. The van der Waals surface area contributed by atoms with E-state index in [-0.39, 0.29) is 5.91 Å². The molecule has 2 aliphatic rings. The Balaban J connectivity index is 2.12. The van der Waals surface area contributed by atoms with Gasteiger partial charge in [-0.3, -0.25) is 4.79 Å². The molecule has 17 heavy (non-hydrogen) atoms. The second kappa shape index (κ2) is 3.54. The van der Waals surface area contributed by atoms with Gasteiger partial charge in [0.2, 0.25) is 12.0 Å². The molecule has 0 aromatic heterocycles. The second-order valence-electron chi connectivity index (χ2n) is 4.62. The number of hydrogen-bond acceptors (Lipinski definition) is 3. The molecule has 1 fully saturated rings. The highest BCUT2D eigenvalue weighted by Crippen LogP contribution is 2.52. The van der Waals surface area contributed by atoms with Gasteiger partial charge in [-0.05, 0) is 24.8 Å². The smallest absolute Gasteiger partial charge is 0.235 e. The van der Waals surface area contributed by atoms with Gasteiger partial charge in [-0.2, -0.15) is 4.99 Å². The van der Waals surface area contributed by atoms with Crippen LogP contribution in [0.2, 0.25) is 0 Å². The number of isocyanates is 1. The van der Waals surface area contributed by atoms with Crippen molar-refractivity contribution in [3.63, 3.8) is 0 Å². The Morgan fingerprint density at radius 2 is 2.12 bits per heavy atom. The van der Waals surface area contributed by atoms with Crippen molar-refractivity contribution in [3.05, 3.63) is 29.3 Å². The summed E-state index contributed by atoms with van der Waals surface area (Å²) in [6.07, 6.45) is 4.65. The number of benzene rings is 1. The SMILES string of the molecule is O=C=NC1(c2cccc3c2NC(=O)CC3)CC1. The molecule has 1 amide bonds. The van der Waals surface area contributed by atoms with Crippen LogP contribution in [-0.4, -0.2) is 12.0 Å². The molecule has 1 aromatic carbocycles. The van der Waals surface area contributed by atoms with Gasteiger partial charge in [-0.1, -0.05) is 18.2 Å². The molecule has 0 radical (unpaired) electrons. The van der Waals surface area contributed by atoms with Crippen molar-refractivity contribution < 1.29 is 9.59 Å². The van der Waals surface area contributed by atoms with Crippen molar-refractivity contribution in [2.24, 2.45) is 4.99 Å².